The zero-order chi connectivity index (χ0) is 18.3. The third-order valence-corrected chi connectivity index (χ3v) is 6.21. The van der Waals surface area contributed by atoms with Gasteiger partial charge in [0, 0.05) is 18.6 Å². The van der Waals surface area contributed by atoms with Crippen LogP contribution in [0.1, 0.15) is 52.2 Å². The van der Waals surface area contributed by atoms with Crippen LogP contribution in [0.25, 0.3) is 0 Å². The van der Waals surface area contributed by atoms with Crippen molar-refractivity contribution in [2.45, 2.75) is 51.6 Å². The number of likely N-dealkylation sites (N-methyl/N-ethyl adjacent to an activating group) is 1. The highest BCUT2D eigenvalue weighted by atomic mass is 16.5. The molecule has 2 aromatic rings. The molecular weight excluding hydrogens is 326 g/mol. The highest BCUT2D eigenvalue weighted by molar-refractivity contribution is 5.96. The molecule has 26 heavy (non-hydrogen) atoms. The number of nitrogens with zero attached hydrogens (tertiary/aromatic N) is 3. The molecule has 1 atom stereocenters. The lowest BCUT2D eigenvalue weighted by Crippen LogP contribution is -2.57. The van der Waals surface area contributed by atoms with E-state index in [4.69, 9.17) is 4.52 Å². The lowest BCUT2D eigenvalue weighted by atomic mass is 9.81. The summed E-state index contributed by atoms with van der Waals surface area (Å²) in [5.41, 5.74) is 3.94. The van der Waals surface area contributed by atoms with E-state index in [1.807, 2.05) is 18.7 Å². The quantitative estimate of drug-likeness (QED) is 0.789. The van der Waals surface area contributed by atoms with Gasteiger partial charge in [-0.15, -0.1) is 0 Å². The molecule has 1 aromatic carbocycles. The van der Waals surface area contributed by atoms with Crippen LogP contribution in [-0.4, -0.2) is 46.5 Å². The largest absolute Gasteiger partial charge is 0.361 e. The second kappa shape index (κ2) is 6.54. The van der Waals surface area contributed by atoms with E-state index in [1.165, 1.54) is 24.0 Å². The molecule has 1 fully saturated rings. The Labute approximate surface area is 155 Å². The van der Waals surface area contributed by atoms with Crippen LogP contribution in [0.2, 0.25) is 0 Å². The summed E-state index contributed by atoms with van der Waals surface area (Å²) in [7, 11) is 2.21. The number of carbonyl (C=O) groups is 1. The molecule has 0 radical (unpaired) electrons. The number of hydrogen-bond acceptors (Lipinski definition) is 4. The third kappa shape index (κ3) is 2.84. The summed E-state index contributed by atoms with van der Waals surface area (Å²) in [6.45, 7) is 6.16. The van der Waals surface area contributed by atoms with Gasteiger partial charge in [-0.05, 0) is 57.8 Å². The molecule has 0 N–H and O–H groups in total. The van der Waals surface area contributed by atoms with Crippen LogP contribution in [0.4, 0.5) is 0 Å². The fourth-order valence-electron chi connectivity index (χ4n) is 4.66. The van der Waals surface area contributed by atoms with E-state index in [0.717, 1.165) is 25.9 Å². The molecule has 1 aromatic heterocycles. The number of hydrogen-bond donors (Lipinski definition) is 0. The number of carbonyl (C=O) groups excluding carboxylic acids is 1. The molecule has 2 aliphatic heterocycles. The second-order valence-corrected chi connectivity index (χ2v) is 7.91. The second-order valence-electron chi connectivity index (χ2n) is 7.91. The first-order chi connectivity index (χ1) is 12.5. The summed E-state index contributed by atoms with van der Waals surface area (Å²) in [4.78, 5) is 17.9. The van der Waals surface area contributed by atoms with Gasteiger partial charge in [0.15, 0.2) is 0 Å². The van der Waals surface area contributed by atoms with E-state index in [2.05, 4.69) is 41.4 Å². The highest BCUT2D eigenvalue weighted by Gasteiger charge is 2.42. The van der Waals surface area contributed by atoms with Gasteiger partial charge in [0.25, 0.3) is 5.91 Å². The minimum absolute atomic E-state index is 0.0134. The number of benzene rings is 1. The molecule has 0 bridgehead atoms. The lowest BCUT2D eigenvalue weighted by molar-refractivity contribution is 0.0314. The molecule has 1 unspecified atom stereocenters. The normalized spacial score (nSPS) is 23.7. The smallest absolute Gasteiger partial charge is 0.259 e. The molecule has 0 aliphatic carbocycles. The van der Waals surface area contributed by atoms with Gasteiger partial charge in [-0.1, -0.05) is 35.8 Å². The average Bonchev–Trinajstić information content (AvgIpc) is 2.87. The van der Waals surface area contributed by atoms with Gasteiger partial charge in [0.2, 0.25) is 0 Å². The topological polar surface area (TPSA) is 49.6 Å². The summed E-state index contributed by atoms with van der Waals surface area (Å²) < 4.78 is 5.26. The van der Waals surface area contributed by atoms with Gasteiger partial charge in [-0.3, -0.25) is 9.69 Å². The van der Waals surface area contributed by atoms with Crippen LogP contribution in [0.5, 0.6) is 0 Å². The van der Waals surface area contributed by atoms with Crippen molar-refractivity contribution in [3.8, 4) is 0 Å². The zero-order valence-corrected chi connectivity index (χ0v) is 15.9. The number of rotatable bonds is 1. The van der Waals surface area contributed by atoms with Crippen LogP contribution in [-0.2, 0) is 13.0 Å². The summed E-state index contributed by atoms with van der Waals surface area (Å²) in [6, 6.07) is 8.56. The van der Waals surface area contributed by atoms with Gasteiger partial charge in [-0.25, -0.2) is 0 Å². The molecule has 4 rings (SSSR count). The molecule has 1 saturated heterocycles. The maximum atomic E-state index is 13.4. The maximum Gasteiger partial charge on any atom is 0.259 e. The predicted octanol–water partition coefficient (Wildman–Crippen LogP) is 3.34. The molecule has 5 heteroatoms. The molecule has 5 nitrogen and oxygen atoms in total. The summed E-state index contributed by atoms with van der Waals surface area (Å²) in [5.74, 6) is 0.646. The van der Waals surface area contributed by atoms with Crippen molar-refractivity contribution >= 4 is 5.91 Å². The van der Waals surface area contributed by atoms with Gasteiger partial charge >= 0.3 is 0 Å². The number of aryl methyl sites for hydroxylation is 2. The standard InChI is InChI=1S/C21H27N3O2/c1-15-19(16(2)26-22-15)20(25)24-13-18-9-5-4-8-17(18)12-21(14-24)10-6-7-11-23(21)3/h4-5,8-9H,6-7,10-14H2,1-3H3. The third-order valence-electron chi connectivity index (χ3n) is 6.21. The van der Waals surface area contributed by atoms with E-state index in [1.54, 1.807) is 0 Å². The van der Waals surface area contributed by atoms with Gasteiger partial charge in [0.1, 0.15) is 11.3 Å². The Morgan fingerprint density at radius 1 is 1.19 bits per heavy atom. The molecule has 1 spiro atoms. The van der Waals surface area contributed by atoms with Crippen molar-refractivity contribution in [2.24, 2.45) is 0 Å². The van der Waals surface area contributed by atoms with Crippen LogP contribution in [0.15, 0.2) is 28.8 Å². The summed E-state index contributed by atoms with van der Waals surface area (Å²) >= 11 is 0. The Balaban J connectivity index is 1.76. The number of aromatic nitrogens is 1. The summed E-state index contributed by atoms with van der Waals surface area (Å²) in [5, 5.41) is 3.99. The Morgan fingerprint density at radius 2 is 1.96 bits per heavy atom. The maximum absolute atomic E-state index is 13.4. The summed E-state index contributed by atoms with van der Waals surface area (Å²) in [6.07, 6.45) is 4.59. The first-order valence-corrected chi connectivity index (χ1v) is 9.50. The first-order valence-electron chi connectivity index (χ1n) is 9.50. The first kappa shape index (κ1) is 17.3. The van der Waals surface area contributed by atoms with Gasteiger partial charge in [0.05, 0.1) is 5.69 Å². The number of piperidine rings is 1. The van der Waals surface area contributed by atoms with Gasteiger partial charge in [-0.2, -0.15) is 0 Å². The Morgan fingerprint density at radius 3 is 2.65 bits per heavy atom. The highest BCUT2D eigenvalue weighted by Crippen LogP contribution is 2.36. The Kier molecular flexibility index (Phi) is 4.35. The van der Waals surface area contributed by atoms with E-state index in [0.29, 0.717) is 23.6 Å². The van der Waals surface area contributed by atoms with Crippen molar-refractivity contribution < 1.29 is 9.32 Å². The van der Waals surface area contributed by atoms with E-state index in [-0.39, 0.29) is 11.4 Å². The minimum Gasteiger partial charge on any atom is -0.361 e. The van der Waals surface area contributed by atoms with Crippen molar-refractivity contribution in [2.75, 3.05) is 20.1 Å². The van der Waals surface area contributed by atoms with Crippen LogP contribution in [0.3, 0.4) is 0 Å². The molecule has 2 aliphatic rings. The SMILES string of the molecule is Cc1noc(C)c1C(=O)N1Cc2ccccc2CC2(CCCCN2C)C1. The molecular formula is C21H27N3O2. The molecule has 3 heterocycles. The van der Waals surface area contributed by atoms with Crippen molar-refractivity contribution in [1.29, 1.82) is 0 Å². The fraction of sp³-hybridized carbons (Fsp3) is 0.524. The van der Waals surface area contributed by atoms with Crippen molar-refractivity contribution in [3.63, 3.8) is 0 Å². The average molecular weight is 353 g/mol. The zero-order valence-electron chi connectivity index (χ0n) is 15.9. The van der Waals surface area contributed by atoms with Gasteiger partial charge < -0.3 is 9.42 Å². The molecule has 138 valence electrons. The van der Waals surface area contributed by atoms with E-state index >= 15 is 0 Å². The van der Waals surface area contributed by atoms with Crippen LogP contribution >= 0.6 is 0 Å². The fourth-order valence-corrected chi connectivity index (χ4v) is 4.66. The Hall–Kier alpha value is -2.14. The van der Waals surface area contributed by atoms with Crippen LogP contribution < -0.4 is 0 Å². The number of fused-ring (bicyclic) bond motifs is 1. The number of likely N-dealkylation sites (tertiary alicyclic amines) is 1. The molecule has 1 amide bonds. The van der Waals surface area contributed by atoms with Crippen molar-refractivity contribution in [3.05, 3.63) is 52.4 Å². The van der Waals surface area contributed by atoms with Crippen LogP contribution in [0, 0.1) is 13.8 Å². The Bertz CT molecular complexity index is 809. The van der Waals surface area contributed by atoms with Crippen molar-refractivity contribution in [1.82, 2.24) is 15.0 Å². The predicted molar refractivity (Wildman–Crippen MR) is 100 cm³/mol. The minimum atomic E-state index is 0.0134. The number of amides is 1. The van der Waals surface area contributed by atoms with E-state index < -0.39 is 0 Å². The monoisotopic (exact) mass is 353 g/mol. The van der Waals surface area contributed by atoms with E-state index in [9.17, 15) is 4.79 Å². The molecule has 0 saturated carbocycles. The lowest BCUT2D eigenvalue weighted by Gasteiger charge is -2.47.